The van der Waals surface area contributed by atoms with Gasteiger partial charge in [0.2, 0.25) is 5.91 Å². The van der Waals surface area contributed by atoms with E-state index in [-0.39, 0.29) is 17.7 Å². The van der Waals surface area contributed by atoms with Crippen molar-refractivity contribution in [3.05, 3.63) is 95.6 Å². The van der Waals surface area contributed by atoms with Gasteiger partial charge in [0.25, 0.3) is 0 Å². The van der Waals surface area contributed by atoms with Gasteiger partial charge < -0.3 is 10.1 Å². The Morgan fingerprint density at radius 3 is 2.07 bits per heavy atom. The molecule has 152 valence electrons. The van der Waals surface area contributed by atoms with Gasteiger partial charge in [0.1, 0.15) is 17.9 Å². The lowest BCUT2D eigenvalue weighted by atomic mass is 9.78. The first-order chi connectivity index (χ1) is 14.5. The molecule has 3 rings (SSSR count). The zero-order valence-electron chi connectivity index (χ0n) is 17.4. The number of nitriles is 1. The minimum atomic E-state index is -0.239. The molecule has 0 aliphatic carbocycles. The van der Waals surface area contributed by atoms with Gasteiger partial charge in [0.05, 0.1) is 6.07 Å². The van der Waals surface area contributed by atoms with E-state index in [1.807, 2.05) is 48.5 Å². The van der Waals surface area contributed by atoms with E-state index >= 15 is 0 Å². The summed E-state index contributed by atoms with van der Waals surface area (Å²) in [4.78, 5) is 11.3. The van der Waals surface area contributed by atoms with Crippen molar-refractivity contribution < 1.29 is 9.53 Å². The molecule has 3 aromatic carbocycles. The minimum absolute atomic E-state index is 0.0793. The van der Waals surface area contributed by atoms with Crippen molar-refractivity contribution in [2.45, 2.75) is 32.1 Å². The molecule has 0 saturated heterocycles. The number of hydrogen-bond donors (Lipinski definition) is 1. The van der Waals surface area contributed by atoms with Crippen LogP contribution in [0.15, 0.2) is 78.9 Å². The Hall–Kier alpha value is -3.58. The van der Waals surface area contributed by atoms with Crippen molar-refractivity contribution >= 4 is 5.91 Å². The summed E-state index contributed by atoms with van der Waals surface area (Å²) < 4.78 is 5.98. The first kappa shape index (κ1) is 21.1. The maximum atomic E-state index is 11.3. The Kier molecular flexibility index (Phi) is 6.87. The Balaban J connectivity index is 1.58. The SMILES string of the molecule is CC(C)(c1ccccc1)c1ccc(Oc2ccc(CCNC(=O)CC#N)cc2)cc1. The van der Waals surface area contributed by atoms with E-state index in [2.05, 4.69) is 55.6 Å². The van der Waals surface area contributed by atoms with Crippen LogP contribution in [0.25, 0.3) is 0 Å². The zero-order chi connectivity index (χ0) is 21.4. The second kappa shape index (κ2) is 9.76. The molecule has 0 fully saturated rings. The molecule has 0 unspecified atom stereocenters. The molecule has 1 amide bonds. The molecule has 0 bridgehead atoms. The lowest BCUT2D eigenvalue weighted by molar-refractivity contribution is -0.120. The number of hydrogen-bond acceptors (Lipinski definition) is 3. The molecule has 0 heterocycles. The average Bonchev–Trinajstić information content (AvgIpc) is 2.76. The molecular weight excluding hydrogens is 372 g/mol. The Labute approximate surface area is 178 Å². The van der Waals surface area contributed by atoms with Gasteiger partial charge in [-0.1, -0.05) is 68.4 Å². The normalized spacial score (nSPS) is 10.8. The van der Waals surface area contributed by atoms with Crippen molar-refractivity contribution in [2.75, 3.05) is 6.54 Å². The van der Waals surface area contributed by atoms with Crippen LogP contribution in [-0.2, 0) is 16.6 Å². The lowest BCUT2D eigenvalue weighted by Crippen LogP contribution is -2.24. The molecule has 1 N–H and O–H groups in total. The van der Waals surface area contributed by atoms with Crippen LogP contribution in [0.3, 0.4) is 0 Å². The predicted octanol–water partition coefficient (Wildman–Crippen LogP) is 5.38. The smallest absolute Gasteiger partial charge is 0.234 e. The third-order valence-electron chi connectivity index (χ3n) is 5.21. The Bertz CT molecular complexity index is 1000. The van der Waals surface area contributed by atoms with Gasteiger partial charge in [-0.05, 0) is 47.4 Å². The number of nitrogens with one attached hydrogen (secondary N) is 1. The maximum Gasteiger partial charge on any atom is 0.234 e. The minimum Gasteiger partial charge on any atom is -0.457 e. The summed E-state index contributed by atoms with van der Waals surface area (Å²) in [5.41, 5.74) is 3.52. The summed E-state index contributed by atoms with van der Waals surface area (Å²) in [7, 11) is 0. The molecule has 0 aromatic heterocycles. The maximum absolute atomic E-state index is 11.3. The van der Waals surface area contributed by atoms with E-state index in [1.54, 1.807) is 0 Å². The summed E-state index contributed by atoms with van der Waals surface area (Å²) in [6.45, 7) is 4.96. The molecule has 4 nitrogen and oxygen atoms in total. The van der Waals surface area contributed by atoms with E-state index in [9.17, 15) is 4.79 Å². The fourth-order valence-corrected chi connectivity index (χ4v) is 3.30. The summed E-state index contributed by atoms with van der Waals surface area (Å²) in [6.07, 6.45) is 0.606. The van der Waals surface area contributed by atoms with Gasteiger partial charge in [-0.2, -0.15) is 5.26 Å². The van der Waals surface area contributed by atoms with Crippen molar-refractivity contribution in [2.24, 2.45) is 0 Å². The fraction of sp³-hybridized carbons (Fsp3) is 0.231. The number of benzene rings is 3. The first-order valence-electron chi connectivity index (χ1n) is 10.1. The van der Waals surface area contributed by atoms with E-state index < -0.39 is 0 Å². The van der Waals surface area contributed by atoms with Crippen molar-refractivity contribution in [3.8, 4) is 17.6 Å². The van der Waals surface area contributed by atoms with Crippen LogP contribution >= 0.6 is 0 Å². The first-order valence-corrected chi connectivity index (χ1v) is 10.1. The number of carbonyl (C=O) groups excluding carboxylic acids is 1. The van der Waals surface area contributed by atoms with E-state index in [0.717, 1.165) is 17.1 Å². The summed E-state index contributed by atoms with van der Waals surface area (Å²) >= 11 is 0. The van der Waals surface area contributed by atoms with Crippen molar-refractivity contribution in [1.82, 2.24) is 5.32 Å². The van der Waals surface area contributed by atoms with Crippen LogP contribution in [0, 0.1) is 11.3 Å². The number of nitrogens with zero attached hydrogens (tertiary/aromatic N) is 1. The molecule has 0 radical (unpaired) electrons. The van der Waals surface area contributed by atoms with Gasteiger partial charge in [-0.25, -0.2) is 0 Å². The number of ether oxygens (including phenoxy) is 1. The lowest BCUT2D eigenvalue weighted by Gasteiger charge is -2.26. The second-order valence-corrected chi connectivity index (χ2v) is 7.70. The van der Waals surface area contributed by atoms with Crippen molar-refractivity contribution in [3.63, 3.8) is 0 Å². The highest BCUT2D eigenvalue weighted by atomic mass is 16.5. The largest absolute Gasteiger partial charge is 0.457 e. The van der Waals surface area contributed by atoms with Gasteiger partial charge in [-0.15, -0.1) is 0 Å². The van der Waals surface area contributed by atoms with Crippen molar-refractivity contribution in [1.29, 1.82) is 5.26 Å². The second-order valence-electron chi connectivity index (χ2n) is 7.70. The molecule has 0 aliphatic rings. The number of rotatable bonds is 8. The van der Waals surface area contributed by atoms with Crippen LogP contribution in [0.5, 0.6) is 11.5 Å². The third-order valence-corrected chi connectivity index (χ3v) is 5.21. The molecule has 30 heavy (non-hydrogen) atoms. The molecular formula is C26H26N2O2. The Morgan fingerprint density at radius 2 is 1.47 bits per heavy atom. The monoisotopic (exact) mass is 398 g/mol. The van der Waals surface area contributed by atoms with Gasteiger partial charge >= 0.3 is 0 Å². The third kappa shape index (κ3) is 5.48. The van der Waals surface area contributed by atoms with Gasteiger partial charge in [-0.3, -0.25) is 4.79 Å². The van der Waals surface area contributed by atoms with Gasteiger partial charge in [0, 0.05) is 12.0 Å². The number of carbonyl (C=O) groups is 1. The highest BCUT2D eigenvalue weighted by molar-refractivity contribution is 5.77. The summed E-state index contributed by atoms with van der Waals surface area (Å²) in [5, 5.41) is 11.2. The molecule has 4 heteroatoms. The number of amides is 1. The quantitative estimate of drug-likeness (QED) is 0.554. The van der Waals surface area contributed by atoms with E-state index in [1.165, 1.54) is 11.1 Å². The topological polar surface area (TPSA) is 62.1 Å². The molecule has 0 atom stereocenters. The summed E-state index contributed by atoms with van der Waals surface area (Å²) in [6, 6.07) is 28.4. The van der Waals surface area contributed by atoms with Crippen LogP contribution < -0.4 is 10.1 Å². The zero-order valence-corrected chi connectivity index (χ0v) is 17.4. The average molecular weight is 399 g/mol. The molecule has 0 spiro atoms. The molecule has 0 aliphatic heterocycles. The molecule has 3 aromatic rings. The molecule has 0 saturated carbocycles. The predicted molar refractivity (Wildman–Crippen MR) is 118 cm³/mol. The van der Waals surface area contributed by atoms with Crippen LogP contribution in [0.4, 0.5) is 0 Å². The van der Waals surface area contributed by atoms with Crippen LogP contribution in [0.2, 0.25) is 0 Å². The highest BCUT2D eigenvalue weighted by Crippen LogP contribution is 2.33. The fourth-order valence-electron chi connectivity index (χ4n) is 3.30. The standard InChI is InChI=1S/C26H26N2O2/c1-26(2,21-6-4-3-5-7-21)22-10-14-24(15-11-22)30-23-12-8-20(9-13-23)17-19-28-25(29)16-18-27/h3-15H,16-17,19H2,1-2H3,(H,28,29). The summed E-state index contributed by atoms with van der Waals surface area (Å²) in [5.74, 6) is 1.32. The highest BCUT2D eigenvalue weighted by Gasteiger charge is 2.22. The Morgan fingerprint density at radius 1 is 0.900 bits per heavy atom. The van der Waals surface area contributed by atoms with Gasteiger partial charge in [0.15, 0.2) is 0 Å². The van der Waals surface area contributed by atoms with E-state index in [0.29, 0.717) is 13.0 Å². The van der Waals surface area contributed by atoms with Crippen LogP contribution in [-0.4, -0.2) is 12.5 Å². The van der Waals surface area contributed by atoms with Crippen LogP contribution in [0.1, 0.15) is 37.0 Å². The van der Waals surface area contributed by atoms with E-state index in [4.69, 9.17) is 10.00 Å².